The highest BCUT2D eigenvalue weighted by molar-refractivity contribution is 5.97. The topological polar surface area (TPSA) is 97.6 Å². The predicted molar refractivity (Wildman–Crippen MR) is 112 cm³/mol. The quantitative estimate of drug-likeness (QED) is 0.404. The Bertz CT molecular complexity index is 1310. The van der Waals surface area contributed by atoms with Crippen LogP contribution >= 0.6 is 0 Å². The third kappa shape index (κ3) is 4.00. The highest BCUT2D eigenvalue weighted by Crippen LogP contribution is 2.21. The molecule has 0 saturated carbocycles. The van der Waals surface area contributed by atoms with Gasteiger partial charge in [-0.3, -0.25) is 20.4 Å². The van der Waals surface area contributed by atoms with Crippen LogP contribution in [0.3, 0.4) is 0 Å². The lowest BCUT2D eigenvalue weighted by Crippen LogP contribution is -2.48. The number of hydrazine groups is 1. The van der Waals surface area contributed by atoms with Gasteiger partial charge in [0.15, 0.2) is 6.10 Å². The molecule has 2 amide bonds. The highest BCUT2D eigenvalue weighted by atomic mass is 16.5. The Morgan fingerprint density at radius 2 is 1.57 bits per heavy atom. The fourth-order valence-corrected chi connectivity index (χ4v) is 3.01. The number of amides is 2. The summed E-state index contributed by atoms with van der Waals surface area (Å²) in [5.41, 5.74) is 3.87. The Hall–Kier alpha value is -4.13. The van der Waals surface area contributed by atoms with Crippen LogP contribution in [0, 0.1) is 0 Å². The van der Waals surface area contributed by atoms with Crippen molar-refractivity contribution in [3.63, 3.8) is 0 Å². The molecule has 0 bridgehead atoms. The van der Waals surface area contributed by atoms with E-state index in [2.05, 4.69) is 10.9 Å². The van der Waals surface area contributed by atoms with Crippen molar-refractivity contribution in [2.45, 2.75) is 13.0 Å². The molecular weight excluding hydrogens is 384 g/mol. The van der Waals surface area contributed by atoms with E-state index in [0.29, 0.717) is 16.7 Å². The summed E-state index contributed by atoms with van der Waals surface area (Å²) < 4.78 is 10.8. The lowest BCUT2D eigenvalue weighted by molar-refractivity contribution is -0.128. The van der Waals surface area contributed by atoms with E-state index in [-0.39, 0.29) is 5.56 Å². The monoisotopic (exact) mass is 402 g/mol. The molecule has 4 aromatic rings. The van der Waals surface area contributed by atoms with Gasteiger partial charge in [0.1, 0.15) is 16.9 Å². The zero-order valence-corrected chi connectivity index (χ0v) is 16.0. The first-order valence-electron chi connectivity index (χ1n) is 9.30. The van der Waals surface area contributed by atoms with Gasteiger partial charge in [0, 0.05) is 5.39 Å². The molecule has 0 fully saturated rings. The van der Waals surface area contributed by atoms with Crippen molar-refractivity contribution in [1.82, 2.24) is 10.9 Å². The van der Waals surface area contributed by atoms with Gasteiger partial charge in [-0.15, -0.1) is 0 Å². The minimum absolute atomic E-state index is 0.211. The van der Waals surface area contributed by atoms with Crippen LogP contribution in [0.1, 0.15) is 17.3 Å². The second-order valence-corrected chi connectivity index (χ2v) is 6.70. The summed E-state index contributed by atoms with van der Waals surface area (Å²) in [4.78, 5) is 36.6. The second kappa shape index (κ2) is 8.08. The van der Waals surface area contributed by atoms with Crippen molar-refractivity contribution >= 4 is 33.6 Å². The van der Waals surface area contributed by atoms with Crippen molar-refractivity contribution < 1.29 is 18.7 Å². The minimum Gasteiger partial charge on any atom is -0.481 e. The average Bonchev–Trinajstić information content (AvgIpc) is 2.76. The molecule has 1 unspecified atom stereocenters. The van der Waals surface area contributed by atoms with E-state index in [4.69, 9.17) is 9.15 Å². The molecular formula is C23H18N2O5. The Kier molecular flexibility index (Phi) is 5.17. The minimum atomic E-state index is -0.875. The molecule has 0 aliphatic carbocycles. The van der Waals surface area contributed by atoms with Crippen molar-refractivity contribution in [1.29, 1.82) is 0 Å². The van der Waals surface area contributed by atoms with Crippen LogP contribution in [0.25, 0.3) is 21.7 Å². The molecule has 4 rings (SSSR count). The number of fused-ring (bicyclic) bond motifs is 2. The van der Waals surface area contributed by atoms with Gasteiger partial charge in [-0.05, 0) is 42.0 Å². The lowest BCUT2D eigenvalue weighted by Gasteiger charge is -2.15. The van der Waals surface area contributed by atoms with Crippen LogP contribution in [-0.2, 0) is 4.79 Å². The molecule has 150 valence electrons. The van der Waals surface area contributed by atoms with Crippen LogP contribution in [0.4, 0.5) is 0 Å². The summed E-state index contributed by atoms with van der Waals surface area (Å²) in [7, 11) is 0. The van der Waals surface area contributed by atoms with Gasteiger partial charge < -0.3 is 9.15 Å². The Morgan fingerprint density at radius 1 is 0.867 bits per heavy atom. The number of carbonyl (C=O) groups is 2. The zero-order valence-electron chi connectivity index (χ0n) is 16.0. The summed E-state index contributed by atoms with van der Waals surface area (Å²) in [5.74, 6) is -0.819. The van der Waals surface area contributed by atoms with Crippen molar-refractivity contribution in [2.24, 2.45) is 0 Å². The fraction of sp³-hybridized carbons (Fsp3) is 0.0870. The van der Waals surface area contributed by atoms with Crippen molar-refractivity contribution in [3.05, 3.63) is 88.8 Å². The van der Waals surface area contributed by atoms with Crippen LogP contribution in [0.5, 0.6) is 5.75 Å². The van der Waals surface area contributed by atoms with E-state index in [1.54, 1.807) is 37.3 Å². The predicted octanol–water partition coefficient (Wildman–Crippen LogP) is 3.17. The van der Waals surface area contributed by atoms with E-state index in [1.807, 2.05) is 36.4 Å². The smallest absolute Gasteiger partial charge is 0.349 e. The summed E-state index contributed by atoms with van der Waals surface area (Å²) in [6, 6.07) is 21.5. The summed E-state index contributed by atoms with van der Waals surface area (Å²) in [6.07, 6.45) is -0.875. The molecule has 1 aromatic heterocycles. The van der Waals surface area contributed by atoms with Gasteiger partial charge in [0.2, 0.25) is 0 Å². The van der Waals surface area contributed by atoms with Crippen LogP contribution in [0.15, 0.2) is 82.0 Å². The third-order valence-corrected chi connectivity index (χ3v) is 4.59. The first-order valence-corrected chi connectivity index (χ1v) is 9.30. The number of nitrogens with one attached hydrogen (secondary N) is 2. The molecule has 0 aliphatic rings. The molecule has 0 aliphatic heterocycles. The second-order valence-electron chi connectivity index (χ2n) is 6.70. The Labute approximate surface area is 171 Å². The van der Waals surface area contributed by atoms with E-state index < -0.39 is 23.5 Å². The number of benzene rings is 3. The molecule has 0 spiro atoms. The Balaban J connectivity index is 1.40. The van der Waals surface area contributed by atoms with E-state index in [9.17, 15) is 14.4 Å². The maximum Gasteiger partial charge on any atom is 0.349 e. The lowest BCUT2D eigenvalue weighted by atomic mass is 10.1. The normalized spacial score (nSPS) is 11.8. The third-order valence-electron chi connectivity index (χ3n) is 4.59. The number of carbonyl (C=O) groups excluding carboxylic acids is 2. The number of hydrogen-bond acceptors (Lipinski definition) is 5. The molecule has 1 heterocycles. The average molecular weight is 402 g/mol. The Morgan fingerprint density at radius 3 is 2.37 bits per heavy atom. The number of ether oxygens (including phenoxy) is 1. The van der Waals surface area contributed by atoms with Gasteiger partial charge in [-0.25, -0.2) is 4.79 Å². The molecule has 2 N–H and O–H groups in total. The molecule has 0 radical (unpaired) electrons. The van der Waals surface area contributed by atoms with Gasteiger partial charge in [-0.2, -0.15) is 0 Å². The highest BCUT2D eigenvalue weighted by Gasteiger charge is 2.18. The number of rotatable bonds is 4. The van der Waals surface area contributed by atoms with E-state index in [0.717, 1.165) is 10.8 Å². The molecule has 30 heavy (non-hydrogen) atoms. The van der Waals surface area contributed by atoms with Crippen LogP contribution in [0.2, 0.25) is 0 Å². The first-order chi connectivity index (χ1) is 14.5. The summed E-state index contributed by atoms with van der Waals surface area (Å²) in [5, 5.41) is 2.64. The van der Waals surface area contributed by atoms with Crippen molar-refractivity contribution in [2.75, 3.05) is 0 Å². The molecule has 7 nitrogen and oxygen atoms in total. The molecule has 0 saturated heterocycles. The standard InChI is InChI=1S/C23H18N2O5/c1-14(29-18-11-10-15-6-2-3-7-16(15)12-18)21(26)24-25-22(27)19-13-17-8-4-5-9-20(17)30-23(19)28/h2-14H,1H3,(H,24,26)(H,25,27). The van der Waals surface area contributed by atoms with E-state index >= 15 is 0 Å². The number of para-hydroxylation sites is 1. The van der Waals surface area contributed by atoms with E-state index in [1.165, 1.54) is 6.07 Å². The summed E-state index contributed by atoms with van der Waals surface area (Å²) in [6.45, 7) is 1.56. The van der Waals surface area contributed by atoms with Crippen molar-refractivity contribution in [3.8, 4) is 5.75 Å². The van der Waals surface area contributed by atoms with Crippen LogP contribution in [-0.4, -0.2) is 17.9 Å². The maximum absolute atomic E-state index is 12.3. The van der Waals surface area contributed by atoms with Gasteiger partial charge in [0.05, 0.1) is 0 Å². The van der Waals surface area contributed by atoms with Crippen LogP contribution < -0.4 is 21.2 Å². The first kappa shape index (κ1) is 19.2. The molecule has 1 atom stereocenters. The zero-order chi connectivity index (χ0) is 21.1. The SMILES string of the molecule is CC(Oc1ccc2ccccc2c1)C(=O)NNC(=O)c1cc2ccccc2oc1=O. The maximum atomic E-state index is 12.3. The fourth-order valence-electron chi connectivity index (χ4n) is 3.01. The number of hydrogen-bond donors (Lipinski definition) is 2. The van der Waals surface area contributed by atoms with Gasteiger partial charge in [0.25, 0.3) is 11.8 Å². The summed E-state index contributed by atoms with van der Waals surface area (Å²) >= 11 is 0. The molecule has 3 aromatic carbocycles. The van der Waals surface area contributed by atoms with Gasteiger partial charge in [-0.1, -0.05) is 48.5 Å². The largest absolute Gasteiger partial charge is 0.481 e. The molecule has 7 heteroatoms. The van der Waals surface area contributed by atoms with Gasteiger partial charge >= 0.3 is 5.63 Å².